The molecule has 0 unspecified atom stereocenters. The average molecular weight is 451 g/mol. The first-order valence-corrected chi connectivity index (χ1v) is 8.90. The van der Waals surface area contributed by atoms with Crippen molar-refractivity contribution in [2.75, 3.05) is 7.81 Å². The number of benzene rings is 1. The van der Waals surface area contributed by atoms with Crippen molar-refractivity contribution >= 4 is 70.7 Å². The van der Waals surface area contributed by atoms with Gasteiger partial charge in [-0.25, -0.2) is 0 Å². The monoisotopic (exact) mass is 451 g/mol. The number of halogens is 12. The molecule has 0 heterocycles. The molecule has 156 valence electrons. The van der Waals surface area contributed by atoms with E-state index < -0.39 is 21.8 Å². The van der Waals surface area contributed by atoms with E-state index in [1.807, 2.05) is 24.3 Å². The maximum atomic E-state index is 9.75. The van der Waals surface area contributed by atoms with Crippen molar-refractivity contribution in [3.05, 3.63) is 29.8 Å². The minimum absolute atomic E-state index is 0.728. The molecule has 27 heavy (non-hydrogen) atoms. The molecular formula is C9H11B3F12KO2-3. The molecule has 1 aromatic rings. The normalized spacial score (nSPS) is 11.1. The topological polar surface area (TPSA) is 18.5 Å². The van der Waals surface area contributed by atoms with Crippen LogP contribution in [-0.4, -0.2) is 78.5 Å². The minimum atomic E-state index is -6.00. The van der Waals surface area contributed by atoms with Gasteiger partial charge in [0.2, 0.25) is 0 Å². The summed E-state index contributed by atoms with van der Waals surface area (Å²) in [4.78, 5) is 0. The maximum Gasteiger partial charge on any atom is 0.673 e. The summed E-state index contributed by atoms with van der Waals surface area (Å²) in [5.74, 6) is 0.896. The van der Waals surface area contributed by atoms with E-state index in [0.29, 0.717) is 0 Å². The fraction of sp³-hybridized carbons (Fsp3) is 0.333. The molecule has 1 rings (SSSR count). The van der Waals surface area contributed by atoms with Gasteiger partial charge < -0.3 is 51.8 Å². The summed E-state index contributed by atoms with van der Waals surface area (Å²) in [5, 5.41) is 0. The van der Waals surface area contributed by atoms with Crippen molar-refractivity contribution < 1.29 is 61.3 Å². The zero-order chi connectivity index (χ0) is 22.3. The van der Waals surface area contributed by atoms with Gasteiger partial charge >= 0.3 is 130 Å². The predicted molar refractivity (Wildman–Crippen MR) is 79.0 cm³/mol. The number of hydrogen-bond donors (Lipinski definition) is 0. The van der Waals surface area contributed by atoms with Crippen molar-refractivity contribution in [3.8, 4) is 5.75 Å². The van der Waals surface area contributed by atoms with E-state index in [1.165, 1.54) is 5.56 Å². The van der Waals surface area contributed by atoms with Crippen LogP contribution in [0.4, 0.5) is 51.8 Å². The largest absolute Gasteiger partial charge is 0.673 e. The van der Waals surface area contributed by atoms with E-state index in [-0.39, 0.29) is 0 Å². The van der Waals surface area contributed by atoms with E-state index in [9.17, 15) is 51.8 Å². The van der Waals surface area contributed by atoms with E-state index in [1.54, 1.807) is 7.11 Å². The van der Waals surface area contributed by atoms with Crippen LogP contribution in [-0.2, 0) is 11.3 Å². The second-order valence-corrected chi connectivity index (χ2v) is 4.87. The predicted octanol–water partition coefficient (Wildman–Crippen LogP) is 5.24. The molecule has 0 fully saturated rings. The van der Waals surface area contributed by atoms with Crippen LogP contribution >= 0.6 is 0 Å². The Kier molecular flexibility index (Phi) is 18.6. The van der Waals surface area contributed by atoms with Crippen LogP contribution in [0.15, 0.2) is 24.3 Å². The molecule has 2 nitrogen and oxygen atoms in total. The first kappa shape index (κ1) is 31.7. The molecule has 0 saturated carbocycles. The minimum Gasteiger partial charge on any atom is -0.418 e. The quantitative estimate of drug-likeness (QED) is 0.461. The van der Waals surface area contributed by atoms with Gasteiger partial charge in [0.1, 0.15) is 0 Å². The van der Waals surface area contributed by atoms with Crippen molar-refractivity contribution in [3.63, 3.8) is 0 Å². The van der Waals surface area contributed by atoms with Gasteiger partial charge in [-0.15, -0.1) is 0 Å². The second kappa shape index (κ2) is 15.8. The van der Waals surface area contributed by atoms with Gasteiger partial charge in [-0.2, -0.15) is 0 Å². The Hall–Kier alpha value is -0.0288. The standard InChI is InChI=1S/C9H11O2.3BF4.K/c1-10-7-8-3-5-9(11-2)6-4-8;3*2-1(3,4)5;/h3-6H,1,7H2,2H3;;;;/q;3*-1;. The first-order valence-electron chi connectivity index (χ1n) is 6.69. The Morgan fingerprint density at radius 2 is 1.00 bits per heavy atom. The van der Waals surface area contributed by atoms with Gasteiger partial charge in [0.15, 0.2) is 0 Å². The summed E-state index contributed by atoms with van der Waals surface area (Å²) in [7, 11) is -16.3. The van der Waals surface area contributed by atoms with E-state index >= 15 is 0 Å². The van der Waals surface area contributed by atoms with Crippen LogP contribution in [0.5, 0.6) is 5.75 Å². The molecular weight excluding hydrogens is 440 g/mol. The zero-order valence-electron chi connectivity index (χ0n) is 13.8. The third kappa shape index (κ3) is 58.5. The molecule has 1 aromatic carbocycles. The molecule has 0 bridgehead atoms. The summed E-state index contributed by atoms with van der Waals surface area (Å²) in [6, 6.07) is 7.97. The average Bonchev–Trinajstić information content (AvgIpc) is 2.40. The third-order valence-electron chi connectivity index (χ3n) is 1.63. The van der Waals surface area contributed by atoms with Crippen molar-refractivity contribution in [1.82, 2.24) is 0 Å². The fourth-order valence-corrected chi connectivity index (χ4v) is 1.26. The second-order valence-electron chi connectivity index (χ2n) is 3.97. The van der Waals surface area contributed by atoms with Crippen LogP contribution in [0.3, 0.4) is 0 Å². The van der Waals surface area contributed by atoms with Gasteiger partial charge in [-0.1, -0.05) is 0 Å². The molecule has 0 spiro atoms. The molecule has 0 aromatic heterocycles. The fourth-order valence-electron chi connectivity index (χ4n) is 0.942. The first-order chi connectivity index (χ1) is 11.9. The molecule has 0 aliphatic heterocycles. The van der Waals surface area contributed by atoms with Gasteiger partial charge in [0.25, 0.3) is 0 Å². The van der Waals surface area contributed by atoms with E-state index in [2.05, 4.69) is 0 Å². The molecule has 0 saturated heterocycles. The van der Waals surface area contributed by atoms with Crippen LogP contribution in [0.1, 0.15) is 5.56 Å². The maximum absolute atomic E-state index is 9.75. The van der Waals surface area contributed by atoms with Crippen molar-refractivity contribution in [1.29, 1.82) is 0 Å². The SMILES string of the molecule is COc1ccc(CO[CH2][K])cc1.F[B-](F)(F)F.F[B-](F)(F)F.F[B-](F)(F)F. The Bertz CT molecular complexity index is 419. The summed E-state index contributed by atoms with van der Waals surface area (Å²) >= 11 is 0.791. The molecule has 0 amide bonds. The third-order valence-corrected chi connectivity index (χ3v) is 2.27. The molecule has 0 N–H and O–H groups in total. The van der Waals surface area contributed by atoms with Gasteiger partial charge in [-0.3, -0.25) is 0 Å². The molecule has 0 aliphatic rings. The number of hydrogen-bond acceptors (Lipinski definition) is 2. The smallest absolute Gasteiger partial charge is 0.418 e. The van der Waals surface area contributed by atoms with Gasteiger partial charge in [0, 0.05) is 0 Å². The molecule has 18 heteroatoms. The Morgan fingerprint density at radius 1 is 0.704 bits per heavy atom. The molecule has 0 radical (unpaired) electrons. The van der Waals surface area contributed by atoms with E-state index in [0.717, 1.165) is 62.0 Å². The van der Waals surface area contributed by atoms with Crippen molar-refractivity contribution in [2.24, 2.45) is 0 Å². The zero-order valence-corrected chi connectivity index (χ0v) is 16.9. The summed E-state index contributed by atoms with van der Waals surface area (Å²) in [6.07, 6.45) is 0. The number of methoxy groups -OCH3 is 1. The van der Waals surface area contributed by atoms with Crippen LogP contribution in [0.2, 0.25) is 0 Å². The van der Waals surface area contributed by atoms with Crippen LogP contribution in [0, 0.1) is 0 Å². The molecule has 0 aliphatic carbocycles. The van der Waals surface area contributed by atoms with Crippen LogP contribution < -0.4 is 4.74 Å². The van der Waals surface area contributed by atoms with Gasteiger partial charge in [-0.05, 0) is 0 Å². The molecule has 0 atom stereocenters. The number of ether oxygens (including phenoxy) is 2. The Labute approximate surface area is 180 Å². The van der Waals surface area contributed by atoms with Crippen molar-refractivity contribution in [2.45, 2.75) is 6.61 Å². The summed E-state index contributed by atoms with van der Waals surface area (Å²) in [5.41, 5.74) is 1.21. The summed E-state index contributed by atoms with van der Waals surface area (Å²) in [6.45, 7) is 0.728. The van der Waals surface area contributed by atoms with Crippen LogP contribution in [0.25, 0.3) is 0 Å². The Balaban J connectivity index is -0.000000323. The van der Waals surface area contributed by atoms with Gasteiger partial charge in [0.05, 0.1) is 0 Å². The summed E-state index contributed by atoms with van der Waals surface area (Å²) < 4.78 is 128. The van der Waals surface area contributed by atoms with E-state index in [4.69, 9.17) is 9.47 Å². The Morgan fingerprint density at radius 3 is 1.22 bits per heavy atom. The number of rotatable bonds is 4.